The van der Waals surface area contributed by atoms with Crippen LogP contribution in [0, 0.1) is 5.92 Å². The van der Waals surface area contributed by atoms with Gasteiger partial charge in [-0.15, -0.1) is 15.3 Å². The van der Waals surface area contributed by atoms with Gasteiger partial charge in [-0.3, -0.25) is 9.59 Å². The Morgan fingerprint density at radius 3 is 2.63 bits per heavy atom. The van der Waals surface area contributed by atoms with Crippen LogP contribution in [-0.2, 0) is 15.7 Å². The van der Waals surface area contributed by atoms with Gasteiger partial charge >= 0.3 is 12.1 Å². The number of para-hydroxylation sites is 1. The van der Waals surface area contributed by atoms with E-state index in [2.05, 4.69) is 25.3 Å². The average molecular weight is 487 g/mol. The predicted molar refractivity (Wildman–Crippen MR) is 118 cm³/mol. The lowest BCUT2D eigenvalue weighted by molar-refractivity contribution is -0.154. The van der Waals surface area contributed by atoms with E-state index in [1.54, 1.807) is 42.2 Å². The number of fused-ring (bicyclic) bond motifs is 2. The van der Waals surface area contributed by atoms with Gasteiger partial charge in [0.2, 0.25) is 0 Å². The number of nitrogens with zero attached hydrogens (tertiary/aromatic N) is 6. The molecule has 182 valence electrons. The van der Waals surface area contributed by atoms with Crippen LogP contribution in [0.5, 0.6) is 0 Å². The molecule has 3 aromatic heterocycles. The number of H-pyrrole nitrogens is 1. The lowest BCUT2D eigenvalue weighted by atomic mass is 9.97. The third kappa shape index (κ3) is 4.40. The standard InChI is InChI=1S/C22H20F3N7O3/c1-12(18-26-15-5-3-2-4-14(15)19(33)27-18)35-20(34)13-8-10-31(11-9-13)17-7-6-16-28-29-21(22(23,24)25)32(16)30-17/h2-7,12-13H,8-11H2,1H3,(H,26,27,33)/t12-/m1/s1. The van der Waals surface area contributed by atoms with Crippen LogP contribution >= 0.6 is 0 Å². The van der Waals surface area contributed by atoms with Crippen LogP contribution in [0.1, 0.15) is 37.5 Å². The summed E-state index contributed by atoms with van der Waals surface area (Å²) >= 11 is 0. The highest BCUT2D eigenvalue weighted by Gasteiger charge is 2.38. The number of anilines is 1. The zero-order chi connectivity index (χ0) is 24.7. The van der Waals surface area contributed by atoms with Gasteiger partial charge in [0.25, 0.3) is 11.4 Å². The van der Waals surface area contributed by atoms with Gasteiger partial charge in [-0.05, 0) is 44.0 Å². The van der Waals surface area contributed by atoms with Crippen molar-refractivity contribution >= 4 is 28.3 Å². The number of aromatic amines is 1. The molecule has 0 aliphatic carbocycles. The number of rotatable bonds is 4. The molecule has 1 N–H and O–H groups in total. The monoisotopic (exact) mass is 487 g/mol. The first-order chi connectivity index (χ1) is 16.7. The summed E-state index contributed by atoms with van der Waals surface area (Å²) in [5.74, 6) is -1.42. The van der Waals surface area contributed by atoms with E-state index in [4.69, 9.17) is 4.74 Å². The molecule has 0 spiro atoms. The smallest absolute Gasteiger partial charge is 0.453 e. The molecule has 10 nitrogen and oxygen atoms in total. The van der Waals surface area contributed by atoms with Gasteiger partial charge in [-0.25, -0.2) is 4.98 Å². The first-order valence-corrected chi connectivity index (χ1v) is 10.9. The minimum absolute atomic E-state index is 0.00568. The molecule has 0 bridgehead atoms. The van der Waals surface area contributed by atoms with E-state index < -0.39 is 30.0 Å². The van der Waals surface area contributed by atoms with Gasteiger partial charge in [0, 0.05) is 13.1 Å². The summed E-state index contributed by atoms with van der Waals surface area (Å²) in [5.41, 5.74) is 0.190. The molecule has 0 radical (unpaired) electrons. The second kappa shape index (κ2) is 8.64. The van der Waals surface area contributed by atoms with Gasteiger partial charge < -0.3 is 14.6 Å². The zero-order valence-electron chi connectivity index (χ0n) is 18.5. The Kier molecular flexibility index (Phi) is 5.61. The molecule has 1 aromatic carbocycles. The van der Waals surface area contributed by atoms with Crippen LogP contribution in [0.15, 0.2) is 41.2 Å². The molecule has 1 saturated heterocycles. The highest BCUT2D eigenvalue weighted by Crippen LogP contribution is 2.29. The predicted octanol–water partition coefficient (Wildman–Crippen LogP) is 2.90. The second-order valence-electron chi connectivity index (χ2n) is 8.29. The highest BCUT2D eigenvalue weighted by atomic mass is 19.4. The van der Waals surface area contributed by atoms with Crippen molar-refractivity contribution in [2.75, 3.05) is 18.0 Å². The molecule has 13 heteroatoms. The van der Waals surface area contributed by atoms with E-state index in [0.717, 1.165) is 0 Å². The summed E-state index contributed by atoms with van der Waals surface area (Å²) in [6.07, 6.45) is -4.57. The fourth-order valence-corrected chi connectivity index (χ4v) is 4.09. The Morgan fingerprint density at radius 1 is 1.14 bits per heavy atom. The number of piperidine rings is 1. The van der Waals surface area contributed by atoms with Crippen molar-refractivity contribution in [2.45, 2.75) is 32.0 Å². The van der Waals surface area contributed by atoms with Crippen molar-refractivity contribution in [2.24, 2.45) is 5.92 Å². The topological polar surface area (TPSA) is 118 Å². The maximum Gasteiger partial charge on any atom is 0.453 e. The number of carbonyl (C=O) groups excluding carboxylic acids is 1. The molecule has 5 rings (SSSR count). The Bertz CT molecular complexity index is 1460. The second-order valence-corrected chi connectivity index (χ2v) is 8.29. The number of carbonyl (C=O) groups is 1. The summed E-state index contributed by atoms with van der Waals surface area (Å²) in [5, 5.41) is 11.2. The fraction of sp³-hybridized carbons (Fsp3) is 0.364. The number of ether oxygens (including phenoxy) is 1. The van der Waals surface area contributed by atoms with Crippen molar-refractivity contribution in [1.29, 1.82) is 0 Å². The maximum atomic E-state index is 13.1. The molecule has 0 unspecified atom stereocenters. The van der Waals surface area contributed by atoms with Gasteiger partial charge in [-0.1, -0.05) is 12.1 Å². The van der Waals surface area contributed by atoms with Gasteiger partial charge in [0.05, 0.1) is 16.8 Å². The van der Waals surface area contributed by atoms with Crippen LogP contribution < -0.4 is 10.5 Å². The van der Waals surface area contributed by atoms with Crippen molar-refractivity contribution in [3.63, 3.8) is 0 Å². The van der Waals surface area contributed by atoms with Gasteiger partial charge in [0.1, 0.15) is 5.82 Å². The Balaban J connectivity index is 1.24. The average Bonchev–Trinajstić information content (AvgIpc) is 3.28. The van der Waals surface area contributed by atoms with Crippen LogP contribution in [-0.4, -0.2) is 48.8 Å². The third-order valence-corrected chi connectivity index (χ3v) is 5.96. The van der Waals surface area contributed by atoms with E-state index in [1.165, 1.54) is 6.07 Å². The minimum atomic E-state index is -4.68. The number of benzene rings is 1. The molecule has 0 saturated carbocycles. The number of alkyl halides is 3. The quantitative estimate of drug-likeness (QED) is 0.437. The molecular formula is C22H20F3N7O3. The van der Waals surface area contributed by atoms with Crippen molar-refractivity contribution < 1.29 is 22.7 Å². The SMILES string of the molecule is C[C@@H](OC(=O)C1CCN(c2ccc3nnc(C(F)(F)F)n3n2)CC1)c1nc2ccccc2c(=O)[nH]1. The van der Waals surface area contributed by atoms with E-state index >= 15 is 0 Å². The Hall–Kier alpha value is -4.03. The number of nitrogens with one attached hydrogen (secondary N) is 1. The van der Waals surface area contributed by atoms with Crippen LogP contribution in [0.2, 0.25) is 0 Å². The van der Waals surface area contributed by atoms with E-state index in [1.807, 2.05) is 0 Å². The lowest BCUT2D eigenvalue weighted by Gasteiger charge is -2.32. The van der Waals surface area contributed by atoms with Crippen LogP contribution in [0.4, 0.5) is 19.0 Å². The number of halogens is 3. The Labute approximate surface area is 195 Å². The molecule has 4 aromatic rings. The van der Waals surface area contributed by atoms with E-state index in [9.17, 15) is 22.8 Å². The van der Waals surface area contributed by atoms with E-state index in [-0.39, 0.29) is 17.0 Å². The number of hydrogen-bond acceptors (Lipinski definition) is 8. The largest absolute Gasteiger partial charge is 0.454 e. The summed E-state index contributed by atoms with van der Waals surface area (Å²) in [4.78, 5) is 33.9. The molecule has 0 amide bonds. The van der Waals surface area contributed by atoms with Crippen LogP contribution in [0.3, 0.4) is 0 Å². The molecular weight excluding hydrogens is 467 g/mol. The summed E-state index contributed by atoms with van der Waals surface area (Å²) in [6.45, 7) is 2.44. The minimum Gasteiger partial charge on any atom is -0.454 e. The van der Waals surface area contributed by atoms with Crippen molar-refractivity contribution in [1.82, 2.24) is 29.8 Å². The normalized spacial score (nSPS) is 16.1. The molecule has 1 fully saturated rings. The maximum absolute atomic E-state index is 13.1. The molecule has 1 aliphatic rings. The first-order valence-electron chi connectivity index (χ1n) is 10.9. The summed E-state index contributed by atoms with van der Waals surface area (Å²) < 4.78 is 45.7. The molecule has 1 aliphatic heterocycles. The van der Waals surface area contributed by atoms with Crippen molar-refractivity contribution in [3.05, 3.63) is 58.4 Å². The van der Waals surface area contributed by atoms with E-state index in [0.29, 0.717) is 47.2 Å². The Morgan fingerprint density at radius 2 is 1.89 bits per heavy atom. The fourth-order valence-electron chi connectivity index (χ4n) is 4.09. The highest BCUT2D eigenvalue weighted by molar-refractivity contribution is 5.77. The number of hydrogen-bond donors (Lipinski definition) is 1. The van der Waals surface area contributed by atoms with Gasteiger partial charge in [0.15, 0.2) is 17.6 Å². The summed E-state index contributed by atoms with van der Waals surface area (Å²) in [6, 6.07) is 9.87. The molecule has 4 heterocycles. The molecule has 1 atom stereocenters. The van der Waals surface area contributed by atoms with Crippen LogP contribution in [0.25, 0.3) is 16.6 Å². The van der Waals surface area contributed by atoms with Gasteiger partial charge in [-0.2, -0.15) is 17.7 Å². The lowest BCUT2D eigenvalue weighted by Crippen LogP contribution is -2.38. The zero-order valence-corrected chi connectivity index (χ0v) is 18.5. The third-order valence-electron chi connectivity index (χ3n) is 5.96. The molecule has 35 heavy (non-hydrogen) atoms. The number of aromatic nitrogens is 6. The number of esters is 1. The first kappa shape index (κ1) is 22.7. The van der Waals surface area contributed by atoms with Crippen molar-refractivity contribution in [3.8, 4) is 0 Å². The summed E-state index contributed by atoms with van der Waals surface area (Å²) in [7, 11) is 0.